The summed E-state index contributed by atoms with van der Waals surface area (Å²) in [4.78, 5) is 42.9. The van der Waals surface area contributed by atoms with Gasteiger partial charge in [0, 0.05) is 39.6 Å². The van der Waals surface area contributed by atoms with Gasteiger partial charge >= 0.3 is 0 Å². The van der Waals surface area contributed by atoms with Crippen LogP contribution in [0.25, 0.3) is 0 Å². The average Bonchev–Trinajstić information content (AvgIpc) is 2.83. The molecule has 0 bridgehead atoms. The molecule has 2 aliphatic heterocycles. The first-order chi connectivity index (χ1) is 16.6. The molecule has 192 valence electrons. The number of halogens is 2. The van der Waals surface area contributed by atoms with Crippen molar-refractivity contribution in [2.75, 3.05) is 33.4 Å². The molecule has 35 heavy (non-hydrogen) atoms. The van der Waals surface area contributed by atoms with E-state index in [4.69, 9.17) is 23.2 Å². The lowest BCUT2D eigenvalue weighted by Crippen LogP contribution is -2.61. The van der Waals surface area contributed by atoms with Crippen LogP contribution in [0.15, 0.2) is 18.2 Å². The van der Waals surface area contributed by atoms with Crippen LogP contribution in [0.1, 0.15) is 44.6 Å². The van der Waals surface area contributed by atoms with Crippen LogP contribution in [0.3, 0.4) is 0 Å². The van der Waals surface area contributed by atoms with Gasteiger partial charge in [-0.25, -0.2) is 0 Å². The number of benzene rings is 1. The molecule has 3 amide bonds. The molecule has 8 nitrogen and oxygen atoms in total. The first-order valence-electron chi connectivity index (χ1n) is 12.3. The van der Waals surface area contributed by atoms with Crippen molar-refractivity contribution in [3.8, 4) is 0 Å². The minimum Gasteiger partial charge on any atom is -0.389 e. The minimum absolute atomic E-state index is 0.00458. The molecule has 10 heteroatoms. The lowest BCUT2D eigenvalue weighted by molar-refractivity contribution is -0.152. The van der Waals surface area contributed by atoms with Gasteiger partial charge in [-0.2, -0.15) is 0 Å². The zero-order valence-electron chi connectivity index (χ0n) is 20.3. The molecule has 1 aromatic carbocycles. The van der Waals surface area contributed by atoms with Crippen molar-refractivity contribution in [2.45, 2.75) is 57.2 Å². The highest BCUT2D eigenvalue weighted by atomic mass is 35.5. The van der Waals surface area contributed by atoms with Crippen LogP contribution >= 0.6 is 23.2 Å². The zero-order valence-corrected chi connectivity index (χ0v) is 21.8. The first kappa shape index (κ1) is 26.2. The van der Waals surface area contributed by atoms with Gasteiger partial charge < -0.3 is 19.8 Å². The lowest BCUT2D eigenvalue weighted by Gasteiger charge is -2.49. The van der Waals surface area contributed by atoms with E-state index in [1.807, 2.05) is 6.07 Å². The number of rotatable bonds is 5. The number of aliphatic hydroxyl groups is 1. The van der Waals surface area contributed by atoms with E-state index in [-0.39, 0.29) is 42.1 Å². The topological polar surface area (TPSA) is 93.2 Å². The summed E-state index contributed by atoms with van der Waals surface area (Å²) in [5.41, 5.74) is 0.00707. The molecule has 2 heterocycles. The van der Waals surface area contributed by atoms with E-state index in [9.17, 15) is 19.5 Å². The highest BCUT2D eigenvalue weighted by Gasteiger charge is 2.48. The second kappa shape index (κ2) is 10.6. The van der Waals surface area contributed by atoms with Gasteiger partial charge in [0.1, 0.15) is 6.54 Å². The van der Waals surface area contributed by atoms with Gasteiger partial charge in [0.25, 0.3) is 0 Å². The number of carbonyl (C=O) groups is 3. The van der Waals surface area contributed by atoms with Crippen LogP contribution in [0.5, 0.6) is 0 Å². The van der Waals surface area contributed by atoms with E-state index in [2.05, 4.69) is 5.32 Å². The number of hydrogen-bond acceptors (Lipinski definition) is 5. The van der Waals surface area contributed by atoms with Crippen molar-refractivity contribution < 1.29 is 19.5 Å². The molecule has 0 radical (unpaired) electrons. The average molecular weight is 525 g/mol. The van der Waals surface area contributed by atoms with Gasteiger partial charge in [-0.05, 0) is 55.7 Å². The highest BCUT2D eigenvalue weighted by molar-refractivity contribution is 6.42. The van der Waals surface area contributed by atoms with Crippen LogP contribution in [0, 0.1) is 11.8 Å². The fraction of sp³-hybridized carbons (Fsp3) is 0.640. The Balaban J connectivity index is 1.34. The summed E-state index contributed by atoms with van der Waals surface area (Å²) in [6.07, 6.45) is 3.34. The van der Waals surface area contributed by atoms with Crippen molar-refractivity contribution >= 4 is 40.9 Å². The Morgan fingerprint density at radius 3 is 2.57 bits per heavy atom. The Kier molecular flexibility index (Phi) is 7.95. The molecule has 2 N–H and O–H groups in total. The molecule has 0 aromatic heterocycles. The van der Waals surface area contributed by atoms with E-state index in [0.29, 0.717) is 55.6 Å². The lowest BCUT2D eigenvalue weighted by atomic mass is 9.67. The standard InChI is InChI=1S/C25H34Cl2N4O4/c1-16(32)30-9-7-25(35,8-10-30)18-4-6-22-19(12-18)24(34)31(15-28-22)14-23(33)29(2)13-17-3-5-20(26)21(27)11-17/h3,5,11,18-19,22,28,35H,4,6-10,12-15H2,1-2H3. The Hall–Kier alpha value is -1.87. The quantitative estimate of drug-likeness (QED) is 0.617. The molecule has 4 rings (SSSR count). The van der Waals surface area contributed by atoms with Crippen molar-refractivity contribution in [2.24, 2.45) is 11.8 Å². The smallest absolute Gasteiger partial charge is 0.242 e. The fourth-order valence-corrected chi connectivity index (χ4v) is 6.07. The van der Waals surface area contributed by atoms with Crippen molar-refractivity contribution in [1.29, 1.82) is 0 Å². The minimum atomic E-state index is -0.852. The van der Waals surface area contributed by atoms with Gasteiger partial charge in [-0.1, -0.05) is 29.3 Å². The number of amides is 3. The highest BCUT2D eigenvalue weighted by Crippen LogP contribution is 2.42. The normalized spacial score (nSPS) is 26.3. The maximum Gasteiger partial charge on any atom is 0.242 e. The van der Waals surface area contributed by atoms with Gasteiger partial charge in [-0.3, -0.25) is 19.7 Å². The molecule has 3 fully saturated rings. The first-order valence-corrected chi connectivity index (χ1v) is 13.0. The molecular weight excluding hydrogens is 491 g/mol. The zero-order chi connectivity index (χ0) is 25.3. The Morgan fingerprint density at radius 1 is 1.20 bits per heavy atom. The number of nitrogens with one attached hydrogen (secondary N) is 1. The molecule has 1 saturated carbocycles. The van der Waals surface area contributed by atoms with E-state index in [1.54, 1.807) is 40.8 Å². The number of carbonyl (C=O) groups excluding carboxylic acids is 3. The Morgan fingerprint density at radius 2 is 1.91 bits per heavy atom. The predicted octanol–water partition coefficient (Wildman–Crippen LogP) is 2.50. The third-order valence-corrected chi connectivity index (χ3v) is 8.75. The molecule has 1 aliphatic carbocycles. The number of piperidine rings is 1. The van der Waals surface area contributed by atoms with E-state index in [0.717, 1.165) is 18.4 Å². The molecule has 3 unspecified atom stereocenters. The van der Waals surface area contributed by atoms with Crippen LogP contribution in [0.4, 0.5) is 0 Å². The molecule has 3 aliphatic rings. The second-order valence-electron chi connectivity index (χ2n) is 10.2. The van der Waals surface area contributed by atoms with Gasteiger partial charge in [0.05, 0.1) is 28.2 Å². The number of likely N-dealkylation sites (tertiary alicyclic amines) is 1. The molecule has 1 aromatic rings. The van der Waals surface area contributed by atoms with Gasteiger partial charge in [-0.15, -0.1) is 0 Å². The SMILES string of the molecule is CC(=O)N1CCC(O)(C2CCC3NCN(CC(=O)N(C)Cc4ccc(Cl)c(Cl)c4)C(=O)C3C2)CC1. The fourth-order valence-electron chi connectivity index (χ4n) is 5.75. The van der Waals surface area contributed by atoms with Crippen LogP contribution in [-0.4, -0.2) is 82.5 Å². The van der Waals surface area contributed by atoms with Crippen molar-refractivity contribution in [1.82, 2.24) is 20.0 Å². The predicted molar refractivity (Wildman–Crippen MR) is 134 cm³/mol. The maximum atomic E-state index is 13.4. The summed E-state index contributed by atoms with van der Waals surface area (Å²) in [6, 6.07) is 5.33. The summed E-state index contributed by atoms with van der Waals surface area (Å²) in [6.45, 7) is 3.36. The van der Waals surface area contributed by atoms with E-state index >= 15 is 0 Å². The summed E-state index contributed by atoms with van der Waals surface area (Å²) in [5, 5.41) is 15.7. The van der Waals surface area contributed by atoms with Gasteiger partial charge in [0.2, 0.25) is 17.7 Å². The van der Waals surface area contributed by atoms with Crippen LogP contribution in [0.2, 0.25) is 10.0 Å². The summed E-state index contributed by atoms with van der Waals surface area (Å²) >= 11 is 12.1. The summed E-state index contributed by atoms with van der Waals surface area (Å²) in [5.74, 6) is -0.402. The van der Waals surface area contributed by atoms with E-state index in [1.165, 1.54) is 0 Å². The largest absolute Gasteiger partial charge is 0.389 e. The van der Waals surface area contributed by atoms with Crippen molar-refractivity contribution in [3.05, 3.63) is 33.8 Å². The van der Waals surface area contributed by atoms with Crippen molar-refractivity contribution in [3.63, 3.8) is 0 Å². The number of hydrogen-bond donors (Lipinski definition) is 2. The Bertz CT molecular complexity index is 982. The third-order valence-electron chi connectivity index (χ3n) is 8.01. The molecule has 3 atom stereocenters. The second-order valence-corrected chi connectivity index (χ2v) is 11.0. The summed E-state index contributed by atoms with van der Waals surface area (Å²) in [7, 11) is 1.70. The maximum absolute atomic E-state index is 13.4. The monoisotopic (exact) mass is 524 g/mol. The molecule has 2 saturated heterocycles. The third kappa shape index (κ3) is 5.77. The van der Waals surface area contributed by atoms with Crippen LogP contribution in [-0.2, 0) is 20.9 Å². The number of likely N-dealkylation sites (N-methyl/N-ethyl adjacent to an activating group) is 1. The van der Waals surface area contributed by atoms with E-state index < -0.39 is 5.60 Å². The van der Waals surface area contributed by atoms with Gasteiger partial charge in [0.15, 0.2) is 0 Å². The van der Waals surface area contributed by atoms with Crippen LogP contribution < -0.4 is 5.32 Å². The molecule has 0 spiro atoms. The number of nitrogens with zero attached hydrogens (tertiary/aromatic N) is 3. The molecular formula is C25H34Cl2N4O4. The summed E-state index contributed by atoms with van der Waals surface area (Å²) < 4.78 is 0. The Labute approximate surface area is 216 Å². The number of fused-ring (bicyclic) bond motifs is 1.